The van der Waals surface area contributed by atoms with Crippen LogP contribution in [0.3, 0.4) is 0 Å². The molecule has 0 N–H and O–H groups in total. The Bertz CT molecular complexity index is 560. The Morgan fingerprint density at radius 3 is 2.56 bits per heavy atom. The van der Waals surface area contributed by atoms with Crippen molar-refractivity contribution in [3.8, 4) is 0 Å². The fourth-order valence-corrected chi connectivity index (χ4v) is 3.51. The molecule has 2 aliphatic heterocycles. The summed E-state index contributed by atoms with van der Waals surface area (Å²) in [5.41, 5.74) is 2.76. The van der Waals surface area contributed by atoms with Crippen LogP contribution in [-0.2, 0) is 14.3 Å². The Hall–Kier alpha value is -1.81. The standard InChI is InChI=1S/C21H31NO3/c1-5-8-9-18(6-2)14-19(20(23)25-7-3)17(4)22-15-21(16-22)10-12-24-13-11-21/h6-7,14H,3-5,8-13,15-16H2,1-2H3/b18-6-,19-14+. The molecule has 0 atom stereocenters. The van der Waals surface area contributed by atoms with Gasteiger partial charge >= 0.3 is 5.97 Å². The lowest BCUT2D eigenvalue weighted by atomic mass is 9.73. The van der Waals surface area contributed by atoms with Gasteiger partial charge in [-0.25, -0.2) is 4.79 Å². The van der Waals surface area contributed by atoms with E-state index in [2.05, 4.69) is 31.1 Å². The van der Waals surface area contributed by atoms with E-state index in [0.717, 1.165) is 69.7 Å². The molecule has 2 fully saturated rings. The Labute approximate surface area is 151 Å². The molecule has 2 rings (SSSR count). The zero-order valence-electron chi connectivity index (χ0n) is 15.7. The van der Waals surface area contributed by atoms with Gasteiger partial charge in [0.15, 0.2) is 0 Å². The summed E-state index contributed by atoms with van der Waals surface area (Å²) < 4.78 is 10.5. The molecule has 2 aliphatic rings. The first-order chi connectivity index (χ1) is 12.0. The maximum atomic E-state index is 12.4. The maximum Gasteiger partial charge on any atom is 0.345 e. The second-order valence-corrected chi connectivity index (χ2v) is 7.01. The lowest BCUT2D eigenvalue weighted by Crippen LogP contribution is -2.57. The van der Waals surface area contributed by atoms with Gasteiger partial charge in [0.1, 0.15) is 0 Å². The van der Waals surface area contributed by atoms with Crippen LogP contribution in [0.2, 0.25) is 0 Å². The number of rotatable bonds is 8. The third-order valence-electron chi connectivity index (χ3n) is 5.23. The predicted molar refractivity (Wildman–Crippen MR) is 101 cm³/mol. The van der Waals surface area contributed by atoms with E-state index in [9.17, 15) is 4.79 Å². The van der Waals surface area contributed by atoms with Crippen molar-refractivity contribution in [3.63, 3.8) is 0 Å². The fraction of sp³-hybridized carbons (Fsp3) is 0.571. The number of carbonyl (C=O) groups excluding carboxylic acids is 1. The molecule has 0 aromatic heterocycles. The first-order valence-corrected chi connectivity index (χ1v) is 9.26. The first-order valence-electron chi connectivity index (χ1n) is 9.26. The number of esters is 1. The Morgan fingerprint density at radius 1 is 1.32 bits per heavy atom. The highest BCUT2D eigenvalue weighted by Gasteiger charge is 2.45. The van der Waals surface area contributed by atoms with Crippen LogP contribution in [0.5, 0.6) is 0 Å². The van der Waals surface area contributed by atoms with Crippen molar-refractivity contribution in [1.82, 2.24) is 4.90 Å². The van der Waals surface area contributed by atoms with E-state index in [1.54, 1.807) is 0 Å². The van der Waals surface area contributed by atoms with Crippen LogP contribution in [-0.4, -0.2) is 37.2 Å². The normalized spacial score (nSPS) is 20.2. The van der Waals surface area contributed by atoms with Crippen LogP contribution in [0.1, 0.15) is 46.0 Å². The molecule has 138 valence electrons. The van der Waals surface area contributed by atoms with E-state index in [4.69, 9.17) is 9.47 Å². The summed E-state index contributed by atoms with van der Waals surface area (Å²) in [6.45, 7) is 15.4. The highest BCUT2D eigenvalue weighted by molar-refractivity contribution is 5.94. The van der Waals surface area contributed by atoms with Crippen molar-refractivity contribution in [2.24, 2.45) is 5.41 Å². The predicted octanol–water partition coefficient (Wildman–Crippen LogP) is 4.36. The average Bonchev–Trinajstić information content (AvgIpc) is 2.60. The Morgan fingerprint density at radius 2 is 2.00 bits per heavy atom. The molecule has 2 heterocycles. The van der Waals surface area contributed by atoms with Gasteiger partial charge < -0.3 is 14.4 Å². The van der Waals surface area contributed by atoms with Crippen LogP contribution < -0.4 is 0 Å². The number of allylic oxidation sites excluding steroid dienone is 3. The quantitative estimate of drug-likeness (QED) is 0.283. The van der Waals surface area contributed by atoms with Crippen molar-refractivity contribution in [2.75, 3.05) is 26.3 Å². The van der Waals surface area contributed by atoms with Gasteiger partial charge in [-0.2, -0.15) is 0 Å². The molecule has 2 saturated heterocycles. The molecular formula is C21H31NO3. The van der Waals surface area contributed by atoms with E-state index >= 15 is 0 Å². The summed E-state index contributed by atoms with van der Waals surface area (Å²) in [7, 11) is 0. The van der Waals surface area contributed by atoms with Gasteiger partial charge in [-0.3, -0.25) is 0 Å². The summed E-state index contributed by atoms with van der Waals surface area (Å²) in [5, 5.41) is 0. The first kappa shape index (κ1) is 19.5. The van der Waals surface area contributed by atoms with Crippen LogP contribution in [0.15, 0.2) is 48.4 Å². The van der Waals surface area contributed by atoms with Crippen molar-refractivity contribution < 1.29 is 14.3 Å². The van der Waals surface area contributed by atoms with Crippen molar-refractivity contribution in [1.29, 1.82) is 0 Å². The molecule has 4 nitrogen and oxygen atoms in total. The van der Waals surface area contributed by atoms with E-state index in [1.165, 1.54) is 6.26 Å². The van der Waals surface area contributed by atoms with Gasteiger partial charge in [0.2, 0.25) is 0 Å². The number of ether oxygens (including phenoxy) is 2. The van der Waals surface area contributed by atoms with E-state index in [-0.39, 0.29) is 5.97 Å². The number of hydrogen-bond donors (Lipinski definition) is 0. The van der Waals surface area contributed by atoms with E-state index in [0.29, 0.717) is 11.0 Å². The second-order valence-electron chi connectivity index (χ2n) is 7.01. The van der Waals surface area contributed by atoms with Crippen LogP contribution in [0, 0.1) is 5.41 Å². The van der Waals surface area contributed by atoms with Crippen molar-refractivity contribution in [3.05, 3.63) is 48.4 Å². The van der Waals surface area contributed by atoms with Gasteiger partial charge in [-0.05, 0) is 38.7 Å². The molecular weight excluding hydrogens is 314 g/mol. The number of likely N-dealkylation sites (tertiary alicyclic amines) is 1. The zero-order chi connectivity index (χ0) is 18.3. The molecule has 0 aromatic carbocycles. The third-order valence-corrected chi connectivity index (χ3v) is 5.23. The molecule has 0 unspecified atom stereocenters. The average molecular weight is 345 g/mol. The molecule has 0 amide bonds. The Balaban J connectivity index is 2.11. The minimum Gasteiger partial charge on any atom is -0.431 e. The largest absolute Gasteiger partial charge is 0.431 e. The molecule has 0 radical (unpaired) electrons. The maximum absolute atomic E-state index is 12.4. The number of carbonyl (C=O) groups is 1. The molecule has 25 heavy (non-hydrogen) atoms. The molecule has 1 spiro atoms. The summed E-state index contributed by atoms with van der Waals surface area (Å²) in [4.78, 5) is 14.6. The number of hydrogen-bond acceptors (Lipinski definition) is 4. The van der Waals surface area contributed by atoms with E-state index in [1.807, 2.05) is 13.0 Å². The number of unbranched alkanes of at least 4 members (excludes halogenated alkanes) is 1. The Kier molecular flexibility index (Phi) is 7.06. The van der Waals surface area contributed by atoms with Crippen molar-refractivity contribution in [2.45, 2.75) is 46.0 Å². The third kappa shape index (κ3) is 4.85. The van der Waals surface area contributed by atoms with Crippen LogP contribution in [0.25, 0.3) is 0 Å². The van der Waals surface area contributed by atoms with Gasteiger partial charge in [0, 0.05) is 37.4 Å². The smallest absolute Gasteiger partial charge is 0.345 e. The summed E-state index contributed by atoms with van der Waals surface area (Å²) >= 11 is 0. The topological polar surface area (TPSA) is 38.8 Å². The summed E-state index contributed by atoms with van der Waals surface area (Å²) in [5.74, 6) is -0.385. The minimum absolute atomic E-state index is 0.334. The van der Waals surface area contributed by atoms with Gasteiger partial charge in [0.25, 0.3) is 0 Å². The monoisotopic (exact) mass is 345 g/mol. The zero-order valence-corrected chi connectivity index (χ0v) is 15.7. The highest BCUT2D eigenvalue weighted by atomic mass is 16.5. The molecule has 0 saturated carbocycles. The number of nitrogens with zero attached hydrogens (tertiary/aromatic N) is 1. The highest BCUT2D eigenvalue weighted by Crippen LogP contribution is 2.42. The summed E-state index contributed by atoms with van der Waals surface area (Å²) in [6.07, 6.45) is 10.5. The SMILES string of the molecule is C=COC(=O)/C(=C/C(=C\C)CCCC)C(=C)N1CC2(CCOCC2)C1. The van der Waals surface area contributed by atoms with Crippen LogP contribution >= 0.6 is 0 Å². The molecule has 0 aliphatic carbocycles. The van der Waals surface area contributed by atoms with Gasteiger partial charge in [-0.1, -0.05) is 38.2 Å². The van der Waals surface area contributed by atoms with E-state index < -0.39 is 0 Å². The lowest BCUT2D eigenvalue weighted by molar-refractivity contribution is -0.133. The van der Waals surface area contributed by atoms with Gasteiger partial charge in [0.05, 0.1) is 11.8 Å². The molecule has 0 aromatic rings. The van der Waals surface area contributed by atoms with Crippen molar-refractivity contribution >= 4 is 5.97 Å². The molecule has 0 bridgehead atoms. The fourth-order valence-electron chi connectivity index (χ4n) is 3.51. The molecule has 4 heteroatoms. The lowest BCUT2D eigenvalue weighted by Gasteiger charge is -2.54. The summed E-state index contributed by atoms with van der Waals surface area (Å²) in [6, 6.07) is 0. The van der Waals surface area contributed by atoms with Crippen LogP contribution in [0.4, 0.5) is 0 Å². The second kappa shape index (κ2) is 9.04. The minimum atomic E-state index is -0.385. The van der Waals surface area contributed by atoms with Gasteiger partial charge in [-0.15, -0.1) is 0 Å².